The van der Waals surface area contributed by atoms with Gasteiger partial charge in [-0.15, -0.1) is 0 Å². The van der Waals surface area contributed by atoms with Crippen molar-refractivity contribution in [2.45, 2.75) is 39.2 Å². The van der Waals surface area contributed by atoms with E-state index in [1.54, 1.807) is 0 Å². The van der Waals surface area contributed by atoms with E-state index in [4.69, 9.17) is 4.74 Å². The second kappa shape index (κ2) is 7.62. The van der Waals surface area contributed by atoms with Gasteiger partial charge in [-0.05, 0) is 49.9 Å². The predicted octanol–water partition coefficient (Wildman–Crippen LogP) is 2.03. The maximum Gasteiger partial charge on any atom is 0.119 e. The van der Waals surface area contributed by atoms with Crippen LogP contribution in [0.5, 0.6) is 5.75 Å². The van der Waals surface area contributed by atoms with Gasteiger partial charge in [0.25, 0.3) is 0 Å². The van der Waals surface area contributed by atoms with Crippen LogP contribution in [0.2, 0.25) is 0 Å². The summed E-state index contributed by atoms with van der Waals surface area (Å²) in [7, 11) is 0. The maximum atomic E-state index is 9.97. The van der Waals surface area contributed by atoms with E-state index in [-0.39, 0.29) is 0 Å². The first-order valence-corrected chi connectivity index (χ1v) is 7.51. The van der Waals surface area contributed by atoms with Crippen molar-refractivity contribution < 1.29 is 9.84 Å². The maximum absolute atomic E-state index is 9.97. The lowest BCUT2D eigenvalue weighted by atomic mass is 10.1. The number of aliphatic hydroxyl groups excluding tert-OH is 1. The number of hydrazine groups is 1. The minimum atomic E-state index is -0.488. The van der Waals surface area contributed by atoms with E-state index < -0.39 is 6.10 Å². The van der Waals surface area contributed by atoms with Crippen molar-refractivity contribution in [3.63, 3.8) is 0 Å². The highest BCUT2D eigenvalue weighted by Crippen LogP contribution is 2.16. The summed E-state index contributed by atoms with van der Waals surface area (Å²) in [5.74, 6) is 0.833. The number of ether oxygens (including phenoxy) is 1. The van der Waals surface area contributed by atoms with Gasteiger partial charge in [0.15, 0.2) is 0 Å². The number of piperidine rings is 1. The molecule has 1 unspecified atom stereocenters. The molecule has 1 aromatic carbocycles. The molecule has 4 nitrogen and oxygen atoms in total. The minimum Gasteiger partial charge on any atom is -0.491 e. The highest BCUT2D eigenvalue weighted by atomic mass is 16.5. The second-order valence-electron chi connectivity index (χ2n) is 5.70. The van der Waals surface area contributed by atoms with Crippen LogP contribution in [0.1, 0.15) is 30.4 Å². The zero-order valence-electron chi connectivity index (χ0n) is 12.6. The first kappa shape index (κ1) is 15.3. The summed E-state index contributed by atoms with van der Waals surface area (Å²) in [4.78, 5) is 0. The van der Waals surface area contributed by atoms with Gasteiger partial charge < -0.3 is 9.84 Å². The first-order chi connectivity index (χ1) is 9.63. The fourth-order valence-electron chi connectivity index (χ4n) is 2.55. The van der Waals surface area contributed by atoms with Crippen molar-refractivity contribution >= 4 is 0 Å². The first-order valence-electron chi connectivity index (χ1n) is 7.51. The molecule has 1 aliphatic rings. The van der Waals surface area contributed by atoms with Crippen LogP contribution in [-0.4, -0.2) is 42.5 Å². The molecule has 1 aromatic rings. The van der Waals surface area contributed by atoms with E-state index >= 15 is 0 Å². The standard InChI is InChI=1S/C16H26N2O2/c1-13-8-14(2)10-16(9-13)20-12-15(19)11-17-18-6-4-3-5-7-18/h8-10,15,17,19H,3-7,11-12H2,1-2H3. The van der Waals surface area contributed by atoms with Crippen molar-refractivity contribution in [1.82, 2.24) is 10.4 Å². The lowest BCUT2D eigenvalue weighted by molar-refractivity contribution is 0.0683. The normalized spacial score (nSPS) is 17.9. The molecule has 20 heavy (non-hydrogen) atoms. The molecule has 1 heterocycles. The molecular formula is C16H26N2O2. The van der Waals surface area contributed by atoms with Crippen LogP contribution in [0.4, 0.5) is 0 Å². The third-order valence-electron chi connectivity index (χ3n) is 3.54. The van der Waals surface area contributed by atoms with E-state index in [9.17, 15) is 5.11 Å². The molecule has 0 amide bonds. The van der Waals surface area contributed by atoms with Crippen molar-refractivity contribution in [2.75, 3.05) is 26.2 Å². The minimum absolute atomic E-state index is 0.323. The molecule has 0 aliphatic carbocycles. The Morgan fingerprint density at radius 1 is 1.15 bits per heavy atom. The third kappa shape index (κ3) is 5.12. The third-order valence-corrected chi connectivity index (χ3v) is 3.54. The van der Waals surface area contributed by atoms with Gasteiger partial charge in [0.2, 0.25) is 0 Å². The van der Waals surface area contributed by atoms with Crippen molar-refractivity contribution in [3.8, 4) is 5.75 Å². The highest BCUT2D eigenvalue weighted by Gasteiger charge is 2.12. The Morgan fingerprint density at radius 3 is 2.45 bits per heavy atom. The van der Waals surface area contributed by atoms with Crippen LogP contribution < -0.4 is 10.2 Å². The molecule has 1 saturated heterocycles. The number of nitrogens with one attached hydrogen (secondary N) is 1. The van der Waals surface area contributed by atoms with E-state index in [2.05, 4.69) is 16.5 Å². The summed E-state index contributed by atoms with van der Waals surface area (Å²) in [5, 5.41) is 12.2. The molecule has 0 spiro atoms. The fraction of sp³-hybridized carbons (Fsp3) is 0.625. The molecule has 4 heteroatoms. The van der Waals surface area contributed by atoms with Crippen molar-refractivity contribution in [3.05, 3.63) is 29.3 Å². The van der Waals surface area contributed by atoms with E-state index in [0.29, 0.717) is 13.2 Å². The molecule has 2 N–H and O–H groups in total. The molecule has 1 atom stereocenters. The van der Waals surface area contributed by atoms with Crippen molar-refractivity contribution in [1.29, 1.82) is 0 Å². The van der Waals surface area contributed by atoms with E-state index in [0.717, 1.165) is 18.8 Å². The topological polar surface area (TPSA) is 44.7 Å². The summed E-state index contributed by atoms with van der Waals surface area (Å²) in [6, 6.07) is 6.11. The lowest BCUT2D eigenvalue weighted by Crippen LogP contribution is -2.46. The summed E-state index contributed by atoms with van der Waals surface area (Å²) >= 11 is 0. The Balaban J connectivity index is 1.70. The molecule has 0 saturated carbocycles. The van der Waals surface area contributed by atoms with Crippen LogP contribution in [0, 0.1) is 13.8 Å². The molecule has 0 bridgehead atoms. The van der Waals surface area contributed by atoms with Gasteiger partial charge in [-0.2, -0.15) is 0 Å². The largest absolute Gasteiger partial charge is 0.491 e. The van der Waals surface area contributed by atoms with E-state index in [1.807, 2.05) is 26.0 Å². The van der Waals surface area contributed by atoms with Gasteiger partial charge in [0.1, 0.15) is 18.5 Å². The number of hydrogen-bond donors (Lipinski definition) is 2. The second-order valence-corrected chi connectivity index (χ2v) is 5.70. The lowest BCUT2D eigenvalue weighted by Gasteiger charge is -2.28. The monoisotopic (exact) mass is 278 g/mol. The zero-order chi connectivity index (χ0) is 14.4. The number of rotatable bonds is 6. The smallest absolute Gasteiger partial charge is 0.119 e. The zero-order valence-corrected chi connectivity index (χ0v) is 12.6. The van der Waals surface area contributed by atoms with Gasteiger partial charge in [0.05, 0.1) is 0 Å². The quantitative estimate of drug-likeness (QED) is 0.836. The van der Waals surface area contributed by atoms with Crippen LogP contribution in [-0.2, 0) is 0 Å². The highest BCUT2D eigenvalue weighted by molar-refractivity contribution is 5.32. The average Bonchev–Trinajstić information content (AvgIpc) is 2.43. The van der Waals surface area contributed by atoms with Gasteiger partial charge >= 0.3 is 0 Å². The van der Waals surface area contributed by atoms with Crippen LogP contribution in [0.25, 0.3) is 0 Å². The average molecular weight is 278 g/mol. The molecule has 0 radical (unpaired) electrons. The molecule has 0 aromatic heterocycles. The SMILES string of the molecule is Cc1cc(C)cc(OCC(O)CNN2CCCCC2)c1. The number of nitrogens with zero attached hydrogens (tertiary/aromatic N) is 1. The summed E-state index contributed by atoms with van der Waals surface area (Å²) in [6.07, 6.45) is 3.30. The molecule has 2 rings (SSSR count). The number of aryl methyl sites for hydroxylation is 2. The molecule has 1 aliphatic heterocycles. The molecule has 1 fully saturated rings. The van der Waals surface area contributed by atoms with Crippen LogP contribution in [0.15, 0.2) is 18.2 Å². The van der Waals surface area contributed by atoms with Gasteiger partial charge in [0, 0.05) is 19.6 Å². The van der Waals surface area contributed by atoms with Gasteiger partial charge in [-0.1, -0.05) is 12.5 Å². The number of hydrogen-bond acceptors (Lipinski definition) is 4. The number of benzene rings is 1. The van der Waals surface area contributed by atoms with Crippen molar-refractivity contribution in [2.24, 2.45) is 0 Å². The Morgan fingerprint density at radius 2 is 1.80 bits per heavy atom. The Labute approximate surface area is 121 Å². The molecule has 112 valence electrons. The predicted molar refractivity (Wildman–Crippen MR) is 80.8 cm³/mol. The number of aliphatic hydroxyl groups is 1. The van der Waals surface area contributed by atoms with E-state index in [1.165, 1.54) is 30.4 Å². The summed E-state index contributed by atoms with van der Waals surface area (Å²) in [6.45, 7) is 7.12. The van der Waals surface area contributed by atoms with Gasteiger partial charge in [-0.3, -0.25) is 5.43 Å². The Hall–Kier alpha value is -1.10. The van der Waals surface area contributed by atoms with Crippen LogP contribution >= 0.6 is 0 Å². The fourth-order valence-corrected chi connectivity index (χ4v) is 2.55. The summed E-state index contributed by atoms with van der Waals surface area (Å²) in [5.41, 5.74) is 5.65. The van der Waals surface area contributed by atoms with Gasteiger partial charge in [-0.25, -0.2) is 5.01 Å². The Bertz CT molecular complexity index is 397. The Kier molecular flexibility index (Phi) is 5.83. The molecular weight excluding hydrogens is 252 g/mol. The summed E-state index contributed by atoms with van der Waals surface area (Å²) < 4.78 is 5.66. The van der Waals surface area contributed by atoms with Crippen LogP contribution in [0.3, 0.4) is 0 Å².